The number of carbonyl (C=O) groups is 1. The lowest BCUT2D eigenvalue weighted by Crippen LogP contribution is -2.40. The Kier molecular flexibility index (Phi) is 3.64. The first kappa shape index (κ1) is 11.2. The van der Waals surface area contributed by atoms with Crippen molar-refractivity contribution in [3.05, 3.63) is 29.8 Å². The molecule has 1 aromatic rings. The van der Waals surface area contributed by atoms with Crippen molar-refractivity contribution in [3.8, 4) is 0 Å². The number of benzene rings is 1. The molecule has 0 saturated carbocycles. The third kappa shape index (κ3) is 2.81. The molecular formula is C12H18OSi. The third-order valence-electron chi connectivity index (χ3n) is 2.36. The van der Waals surface area contributed by atoms with E-state index in [-0.39, 0.29) is 0 Å². The van der Waals surface area contributed by atoms with Crippen LogP contribution in [0.1, 0.15) is 12.0 Å². The van der Waals surface area contributed by atoms with Gasteiger partial charge in [0.1, 0.15) is 6.29 Å². The molecule has 0 heterocycles. The van der Waals surface area contributed by atoms with Crippen LogP contribution in [0.2, 0.25) is 19.6 Å². The molecule has 0 N–H and O–H groups in total. The maximum atomic E-state index is 10.4. The quantitative estimate of drug-likeness (QED) is 0.546. The van der Waals surface area contributed by atoms with E-state index in [0.717, 1.165) is 12.7 Å². The number of carbonyl (C=O) groups excluding carboxylic acids is 1. The molecule has 0 aromatic heterocycles. The van der Waals surface area contributed by atoms with E-state index in [0.29, 0.717) is 6.42 Å². The van der Waals surface area contributed by atoms with Gasteiger partial charge in [0.15, 0.2) is 0 Å². The Morgan fingerprint density at radius 3 is 2.43 bits per heavy atom. The number of aryl methyl sites for hydroxylation is 1. The summed E-state index contributed by atoms with van der Waals surface area (Å²) < 4.78 is 0. The van der Waals surface area contributed by atoms with E-state index >= 15 is 0 Å². The van der Waals surface area contributed by atoms with E-state index in [1.165, 1.54) is 10.8 Å². The van der Waals surface area contributed by atoms with Crippen molar-refractivity contribution in [2.24, 2.45) is 0 Å². The van der Waals surface area contributed by atoms with Gasteiger partial charge in [0.2, 0.25) is 0 Å². The normalized spacial score (nSPS) is 11.4. The van der Waals surface area contributed by atoms with Crippen LogP contribution in [0.5, 0.6) is 0 Å². The average Bonchev–Trinajstić information content (AvgIpc) is 2.14. The topological polar surface area (TPSA) is 17.1 Å². The zero-order chi connectivity index (χ0) is 10.6. The number of hydrogen-bond acceptors (Lipinski definition) is 1. The molecule has 0 aliphatic carbocycles. The largest absolute Gasteiger partial charge is 0.303 e. The molecule has 0 aliphatic heterocycles. The van der Waals surface area contributed by atoms with E-state index in [9.17, 15) is 4.79 Å². The predicted octanol–water partition coefficient (Wildman–Crippen LogP) is 2.36. The van der Waals surface area contributed by atoms with Gasteiger partial charge >= 0.3 is 0 Å². The van der Waals surface area contributed by atoms with Gasteiger partial charge in [-0.1, -0.05) is 49.1 Å². The highest BCUT2D eigenvalue weighted by Gasteiger charge is 2.18. The van der Waals surface area contributed by atoms with Gasteiger partial charge in [0.05, 0.1) is 8.07 Å². The van der Waals surface area contributed by atoms with E-state index in [1.807, 2.05) is 0 Å². The first-order valence-electron chi connectivity index (χ1n) is 5.07. The summed E-state index contributed by atoms with van der Waals surface area (Å²) in [6.45, 7) is 7.02. The lowest BCUT2D eigenvalue weighted by Gasteiger charge is -2.20. The summed E-state index contributed by atoms with van der Waals surface area (Å²) in [4.78, 5) is 10.4. The van der Waals surface area contributed by atoms with E-state index in [2.05, 4.69) is 43.9 Å². The Morgan fingerprint density at radius 2 is 1.86 bits per heavy atom. The second kappa shape index (κ2) is 4.56. The van der Waals surface area contributed by atoms with Gasteiger partial charge in [-0.2, -0.15) is 0 Å². The smallest absolute Gasteiger partial charge is 0.120 e. The minimum atomic E-state index is -1.24. The van der Waals surface area contributed by atoms with Gasteiger partial charge in [-0.25, -0.2) is 0 Å². The summed E-state index contributed by atoms with van der Waals surface area (Å²) in [5.41, 5.74) is 1.36. The fourth-order valence-electron chi connectivity index (χ4n) is 1.68. The summed E-state index contributed by atoms with van der Waals surface area (Å²) in [7, 11) is -1.24. The molecule has 0 amide bonds. The molecule has 0 bridgehead atoms. The average molecular weight is 206 g/mol. The molecule has 1 nitrogen and oxygen atoms in total. The van der Waals surface area contributed by atoms with Gasteiger partial charge < -0.3 is 4.79 Å². The highest BCUT2D eigenvalue weighted by molar-refractivity contribution is 6.89. The molecule has 0 aliphatic rings. The maximum Gasteiger partial charge on any atom is 0.120 e. The Bertz CT molecular complexity index is 312. The van der Waals surface area contributed by atoms with Gasteiger partial charge in [0.25, 0.3) is 0 Å². The first-order chi connectivity index (χ1) is 6.55. The Balaban J connectivity index is 2.97. The summed E-state index contributed by atoms with van der Waals surface area (Å²) >= 11 is 0. The van der Waals surface area contributed by atoms with E-state index < -0.39 is 8.07 Å². The van der Waals surface area contributed by atoms with Crippen molar-refractivity contribution in [1.29, 1.82) is 0 Å². The van der Waals surface area contributed by atoms with Gasteiger partial charge in [-0.15, -0.1) is 0 Å². The molecular weight excluding hydrogens is 188 g/mol. The fourth-order valence-corrected chi connectivity index (χ4v) is 3.45. The van der Waals surface area contributed by atoms with Crippen molar-refractivity contribution in [2.45, 2.75) is 32.5 Å². The Morgan fingerprint density at radius 1 is 1.21 bits per heavy atom. The van der Waals surface area contributed by atoms with Crippen molar-refractivity contribution in [2.75, 3.05) is 0 Å². The van der Waals surface area contributed by atoms with Crippen molar-refractivity contribution in [1.82, 2.24) is 0 Å². The molecule has 0 radical (unpaired) electrons. The molecule has 0 fully saturated rings. The van der Waals surface area contributed by atoms with Crippen LogP contribution in [0, 0.1) is 0 Å². The molecule has 1 aromatic carbocycles. The maximum absolute atomic E-state index is 10.4. The standard InChI is InChI=1S/C12H18OSi/c1-14(2,3)12-9-5-4-7-11(12)8-6-10-13/h4-5,7,9-10H,6,8H2,1-3H3. The Hall–Kier alpha value is -0.893. The SMILES string of the molecule is C[Si](C)(C)c1ccccc1CCC=O. The van der Waals surface area contributed by atoms with E-state index in [1.54, 1.807) is 0 Å². The lowest BCUT2D eigenvalue weighted by molar-refractivity contribution is -0.107. The van der Waals surface area contributed by atoms with Crippen LogP contribution in [0.25, 0.3) is 0 Å². The predicted molar refractivity (Wildman–Crippen MR) is 63.8 cm³/mol. The van der Waals surface area contributed by atoms with E-state index in [4.69, 9.17) is 0 Å². The zero-order valence-electron chi connectivity index (χ0n) is 9.21. The van der Waals surface area contributed by atoms with Crippen LogP contribution in [0.4, 0.5) is 0 Å². The number of aldehydes is 1. The molecule has 2 heteroatoms. The highest BCUT2D eigenvalue weighted by atomic mass is 28.3. The molecule has 14 heavy (non-hydrogen) atoms. The number of hydrogen-bond donors (Lipinski definition) is 0. The van der Waals surface area contributed by atoms with Crippen LogP contribution in [-0.4, -0.2) is 14.4 Å². The summed E-state index contributed by atoms with van der Waals surface area (Å²) in [6.07, 6.45) is 2.53. The van der Waals surface area contributed by atoms with Crippen LogP contribution in [0.15, 0.2) is 24.3 Å². The second-order valence-electron chi connectivity index (χ2n) is 4.61. The number of rotatable bonds is 4. The van der Waals surface area contributed by atoms with Crippen LogP contribution in [0.3, 0.4) is 0 Å². The zero-order valence-corrected chi connectivity index (χ0v) is 10.2. The molecule has 76 valence electrons. The van der Waals surface area contributed by atoms with Crippen LogP contribution >= 0.6 is 0 Å². The lowest BCUT2D eigenvalue weighted by atomic mass is 10.1. The molecule has 1 rings (SSSR count). The monoisotopic (exact) mass is 206 g/mol. The first-order valence-corrected chi connectivity index (χ1v) is 8.57. The van der Waals surface area contributed by atoms with Gasteiger partial charge in [-0.05, 0) is 12.0 Å². The highest BCUT2D eigenvalue weighted by Crippen LogP contribution is 2.08. The Labute approximate surface area is 87.2 Å². The van der Waals surface area contributed by atoms with Crippen LogP contribution < -0.4 is 5.19 Å². The second-order valence-corrected chi connectivity index (χ2v) is 9.65. The summed E-state index contributed by atoms with van der Waals surface area (Å²) in [5.74, 6) is 0. The van der Waals surface area contributed by atoms with Crippen molar-refractivity contribution in [3.63, 3.8) is 0 Å². The minimum Gasteiger partial charge on any atom is -0.303 e. The van der Waals surface area contributed by atoms with Crippen molar-refractivity contribution < 1.29 is 4.79 Å². The summed E-state index contributed by atoms with van der Waals surface area (Å²) in [5, 5.41) is 1.49. The fraction of sp³-hybridized carbons (Fsp3) is 0.417. The molecule has 0 atom stereocenters. The van der Waals surface area contributed by atoms with Crippen molar-refractivity contribution >= 4 is 19.5 Å². The molecule has 0 saturated heterocycles. The molecule has 0 spiro atoms. The van der Waals surface area contributed by atoms with Gasteiger partial charge in [0, 0.05) is 6.42 Å². The van der Waals surface area contributed by atoms with Crippen LogP contribution in [-0.2, 0) is 11.2 Å². The third-order valence-corrected chi connectivity index (χ3v) is 4.46. The minimum absolute atomic E-state index is 0.640. The van der Waals surface area contributed by atoms with Gasteiger partial charge in [-0.3, -0.25) is 0 Å². The molecule has 0 unspecified atom stereocenters. The summed E-state index contributed by atoms with van der Waals surface area (Å²) in [6, 6.07) is 8.52.